The van der Waals surface area contributed by atoms with E-state index in [1.54, 1.807) is 0 Å². The van der Waals surface area contributed by atoms with Gasteiger partial charge < -0.3 is 10.3 Å². The molecule has 4 rings (SSSR count). The Morgan fingerprint density at radius 1 is 0.880 bits per heavy atom. The van der Waals surface area contributed by atoms with E-state index in [0.717, 1.165) is 43.1 Å². The standard InChI is InChI=1S/C21H24N4/c22-20-9-7-17(8-10-20)21-15-25(16-23-21)12-4-3-11-24-13-18-5-1-2-6-19(18)14-24/h1-2,5-10,15-16H,3-4,11-14,22H2. The van der Waals surface area contributed by atoms with Crippen molar-refractivity contribution in [2.75, 3.05) is 12.3 Å². The number of anilines is 1. The number of unbranched alkanes of at least 4 members (excludes halogenated alkanes) is 1. The number of imidazole rings is 1. The Hall–Kier alpha value is -2.59. The molecule has 2 aromatic carbocycles. The van der Waals surface area contributed by atoms with Crippen molar-refractivity contribution in [2.45, 2.75) is 32.5 Å². The van der Waals surface area contributed by atoms with Crippen LogP contribution in [0, 0.1) is 0 Å². The second kappa shape index (κ2) is 7.11. The van der Waals surface area contributed by atoms with Crippen LogP contribution in [0.1, 0.15) is 24.0 Å². The predicted octanol–water partition coefficient (Wildman–Crippen LogP) is 3.93. The highest BCUT2D eigenvalue weighted by atomic mass is 15.1. The topological polar surface area (TPSA) is 47.1 Å². The van der Waals surface area contributed by atoms with Crippen molar-refractivity contribution in [3.63, 3.8) is 0 Å². The lowest BCUT2D eigenvalue weighted by molar-refractivity contribution is 0.275. The summed E-state index contributed by atoms with van der Waals surface area (Å²) in [5.74, 6) is 0. The molecule has 0 bridgehead atoms. The Morgan fingerprint density at radius 3 is 2.28 bits per heavy atom. The van der Waals surface area contributed by atoms with Gasteiger partial charge in [-0.05, 0) is 42.6 Å². The molecule has 128 valence electrons. The molecule has 4 heteroatoms. The molecule has 0 saturated carbocycles. The third-order valence-electron chi connectivity index (χ3n) is 4.89. The molecule has 0 fully saturated rings. The van der Waals surface area contributed by atoms with Crippen molar-refractivity contribution >= 4 is 5.69 Å². The summed E-state index contributed by atoms with van der Waals surface area (Å²) in [6.45, 7) is 4.38. The van der Waals surface area contributed by atoms with Crippen molar-refractivity contribution in [1.29, 1.82) is 0 Å². The van der Waals surface area contributed by atoms with Crippen LogP contribution in [0.25, 0.3) is 11.3 Å². The fraction of sp³-hybridized carbons (Fsp3) is 0.286. The van der Waals surface area contributed by atoms with Gasteiger partial charge in [0.2, 0.25) is 0 Å². The highest BCUT2D eigenvalue weighted by Crippen LogP contribution is 2.22. The first-order valence-electron chi connectivity index (χ1n) is 8.95. The van der Waals surface area contributed by atoms with Crippen LogP contribution < -0.4 is 5.73 Å². The summed E-state index contributed by atoms with van der Waals surface area (Å²) < 4.78 is 2.18. The van der Waals surface area contributed by atoms with Crippen molar-refractivity contribution in [3.05, 3.63) is 72.2 Å². The number of rotatable bonds is 6. The summed E-state index contributed by atoms with van der Waals surface area (Å²) in [6.07, 6.45) is 6.43. The number of hydrogen-bond donors (Lipinski definition) is 1. The summed E-state index contributed by atoms with van der Waals surface area (Å²) in [6, 6.07) is 16.7. The van der Waals surface area contributed by atoms with Crippen molar-refractivity contribution < 1.29 is 0 Å². The lowest BCUT2D eigenvalue weighted by Gasteiger charge is -2.14. The normalized spacial score (nSPS) is 13.9. The average Bonchev–Trinajstić information content (AvgIpc) is 3.26. The lowest BCUT2D eigenvalue weighted by Crippen LogP contribution is -2.18. The fourth-order valence-corrected chi connectivity index (χ4v) is 3.48. The molecule has 0 unspecified atom stereocenters. The van der Waals surface area contributed by atoms with Crippen LogP contribution in [-0.4, -0.2) is 21.0 Å². The Labute approximate surface area is 148 Å². The molecule has 1 aliphatic rings. The van der Waals surface area contributed by atoms with Crippen LogP contribution in [0.4, 0.5) is 5.69 Å². The molecule has 2 N–H and O–H groups in total. The third kappa shape index (κ3) is 3.74. The van der Waals surface area contributed by atoms with E-state index in [9.17, 15) is 0 Å². The number of aromatic nitrogens is 2. The minimum atomic E-state index is 0.784. The molecule has 4 nitrogen and oxygen atoms in total. The predicted molar refractivity (Wildman–Crippen MR) is 102 cm³/mol. The summed E-state index contributed by atoms with van der Waals surface area (Å²) in [4.78, 5) is 7.05. The molecule has 1 aliphatic heterocycles. The number of aryl methyl sites for hydroxylation is 1. The van der Waals surface area contributed by atoms with E-state index in [0.29, 0.717) is 0 Å². The molecular weight excluding hydrogens is 308 g/mol. The van der Waals surface area contributed by atoms with E-state index in [2.05, 4.69) is 44.9 Å². The summed E-state index contributed by atoms with van der Waals surface area (Å²) >= 11 is 0. The molecule has 3 aromatic rings. The first-order chi connectivity index (χ1) is 12.3. The zero-order valence-corrected chi connectivity index (χ0v) is 14.4. The van der Waals surface area contributed by atoms with Crippen LogP contribution in [0.2, 0.25) is 0 Å². The Morgan fingerprint density at radius 2 is 1.56 bits per heavy atom. The number of fused-ring (bicyclic) bond motifs is 1. The van der Waals surface area contributed by atoms with Crippen molar-refractivity contribution in [3.8, 4) is 11.3 Å². The molecule has 0 saturated heterocycles. The number of nitrogens with two attached hydrogens (primary N) is 1. The van der Waals surface area contributed by atoms with Crippen LogP contribution in [-0.2, 0) is 19.6 Å². The summed E-state index contributed by atoms with van der Waals surface area (Å²) in [5.41, 5.74) is 11.6. The first kappa shape index (κ1) is 15.9. The van der Waals surface area contributed by atoms with Gasteiger partial charge in [0.1, 0.15) is 0 Å². The van der Waals surface area contributed by atoms with E-state index in [4.69, 9.17) is 5.73 Å². The Balaban J connectivity index is 1.24. The van der Waals surface area contributed by atoms with Gasteiger partial charge in [0.05, 0.1) is 12.0 Å². The van der Waals surface area contributed by atoms with Gasteiger partial charge in [0.15, 0.2) is 0 Å². The fourth-order valence-electron chi connectivity index (χ4n) is 3.48. The van der Waals surface area contributed by atoms with Crippen LogP contribution in [0.5, 0.6) is 0 Å². The van der Waals surface area contributed by atoms with Crippen LogP contribution in [0.3, 0.4) is 0 Å². The minimum absolute atomic E-state index is 0.784. The molecule has 0 amide bonds. The zero-order chi connectivity index (χ0) is 17.1. The molecule has 1 aromatic heterocycles. The van der Waals surface area contributed by atoms with Crippen LogP contribution in [0.15, 0.2) is 61.1 Å². The van der Waals surface area contributed by atoms with Gasteiger partial charge in [-0.15, -0.1) is 0 Å². The summed E-state index contributed by atoms with van der Waals surface area (Å²) in [7, 11) is 0. The van der Waals surface area contributed by atoms with Gasteiger partial charge in [-0.3, -0.25) is 4.90 Å². The Bertz CT molecular complexity index is 810. The van der Waals surface area contributed by atoms with Gasteiger partial charge in [0.25, 0.3) is 0 Å². The number of hydrogen-bond acceptors (Lipinski definition) is 3. The van der Waals surface area contributed by atoms with Crippen molar-refractivity contribution in [1.82, 2.24) is 14.5 Å². The number of benzene rings is 2. The second-order valence-electron chi connectivity index (χ2n) is 6.81. The van der Waals surface area contributed by atoms with Gasteiger partial charge in [0, 0.05) is 37.1 Å². The van der Waals surface area contributed by atoms with E-state index < -0.39 is 0 Å². The highest BCUT2D eigenvalue weighted by molar-refractivity contribution is 5.61. The molecule has 2 heterocycles. The number of nitrogens with zero attached hydrogens (tertiary/aromatic N) is 3. The van der Waals surface area contributed by atoms with Crippen molar-refractivity contribution in [2.24, 2.45) is 0 Å². The van der Waals surface area contributed by atoms with E-state index in [1.807, 2.05) is 30.6 Å². The van der Waals surface area contributed by atoms with Gasteiger partial charge in [-0.1, -0.05) is 36.4 Å². The van der Waals surface area contributed by atoms with Crippen LogP contribution >= 0.6 is 0 Å². The molecule has 0 spiro atoms. The largest absolute Gasteiger partial charge is 0.399 e. The minimum Gasteiger partial charge on any atom is -0.399 e. The molecule has 0 aliphatic carbocycles. The summed E-state index contributed by atoms with van der Waals surface area (Å²) in [5, 5.41) is 0. The number of nitrogen functional groups attached to an aromatic ring is 1. The van der Waals surface area contributed by atoms with Gasteiger partial charge in [-0.2, -0.15) is 0 Å². The molecular formula is C21H24N4. The quantitative estimate of drug-likeness (QED) is 0.549. The monoisotopic (exact) mass is 332 g/mol. The zero-order valence-electron chi connectivity index (χ0n) is 14.4. The van der Waals surface area contributed by atoms with Gasteiger partial charge in [-0.25, -0.2) is 4.98 Å². The second-order valence-corrected chi connectivity index (χ2v) is 6.81. The van der Waals surface area contributed by atoms with E-state index >= 15 is 0 Å². The highest BCUT2D eigenvalue weighted by Gasteiger charge is 2.17. The van der Waals surface area contributed by atoms with Gasteiger partial charge >= 0.3 is 0 Å². The Kier molecular flexibility index (Phi) is 4.53. The smallest absolute Gasteiger partial charge is 0.0953 e. The molecule has 0 atom stereocenters. The lowest BCUT2D eigenvalue weighted by atomic mass is 10.1. The van der Waals surface area contributed by atoms with E-state index in [-0.39, 0.29) is 0 Å². The first-order valence-corrected chi connectivity index (χ1v) is 8.95. The maximum Gasteiger partial charge on any atom is 0.0953 e. The maximum atomic E-state index is 5.74. The molecule has 25 heavy (non-hydrogen) atoms. The molecule has 0 radical (unpaired) electrons. The maximum absolute atomic E-state index is 5.74. The van der Waals surface area contributed by atoms with E-state index in [1.165, 1.54) is 24.0 Å². The average molecular weight is 332 g/mol. The SMILES string of the molecule is Nc1ccc(-c2cn(CCCCN3Cc4ccccc4C3)cn2)cc1. The third-order valence-corrected chi connectivity index (χ3v) is 4.89.